The fourth-order valence-electron chi connectivity index (χ4n) is 2.98. The Kier molecular flexibility index (Phi) is 3.61. The molecule has 0 saturated heterocycles. The first kappa shape index (κ1) is 14.6. The minimum atomic E-state index is -0.264. The summed E-state index contributed by atoms with van der Waals surface area (Å²) in [6.07, 6.45) is 1.01. The molecule has 1 aliphatic rings. The predicted octanol–water partition coefficient (Wildman–Crippen LogP) is 4.36. The van der Waals surface area contributed by atoms with Gasteiger partial charge in [0.2, 0.25) is 5.95 Å². The number of hydrogen-bond acceptors (Lipinski definition) is 4. The summed E-state index contributed by atoms with van der Waals surface area (Å²) in [6.45, 7) is 2.86. The number of benzene rings is 2. The Hall–Kier alpha value is -2.95. The third kappa shape index (κ3) is 2.80. The minimum absolute atomic E-state index is 0.264. The van der Waals surface area contributed by atoms with Crippen LogP contribution in [0.3, 0.4) is 0 Å². The molecule has 0 fully saturated rings. The van der Waals surface area contributed by atoms with Gasteiger partial charge in [-0.2, -0.15) is 4.98 Å². The van der Waals surface area contributed by atoms with Gasteiger partial charge in [0.1, 0.15) is 11.6 Å². The topological polar surface area (TPSA) is 41.1 Å². The fraction of sp³-hybridized carbons (Fsp3) is 0.158. The standard InChI is InChI=1S/C19H17FN4/c1-13-12-18(24-11-10-14-4-2-3-5-17(14)24)23-19(21-13)22-16-8-6-15(20)7-9-16/h2-9,12H,10-11H2,1H3,(H,21,22,23). The Morgan fingerprint density at radius 3 is 2.67 bits per heavy atom. The third-order valence-corrected chi connectivity index (χ3v) is 4.10. The number of anilines is 4. The van der Waals surface area contributed by atoms with Gasteiger partial charge in [0, 0.05) is 29.7 Å². The lowest BCUT2D eigenvalue weighted by Crippen LogP contribution is -2.16. The van der Waals surface area contributed by atoms with E-state index in [9.17, 15) is 4.39 Å². The van der Waals surface area contributed by atoms with Crippen LogP contribution in [-0.4, -0.2) is 16.5 Å². The lowest BCUT2D eigenvalue weighted by molar-refractivity contribution is 0.628. The average molecular weight is 320 g/mol. The molecule has 1 N–H and O–H groups in total. The normalized spacial score (nSPS) is 13.0. The summed E-state index contributed by atoms with van der Waals surface area (Å²) in [4.78, 5) is 11.3. The van der Waals surface area contributed by atoms with Crippen LogP contribution in [0, 0.1) is 12.7 Å². The van der Waals surface area contributed by atoms with E-state index >= 15 is 0 Å². The van der Waals surface area contributed by atoms with Gasteiger partial charge < -0.3 is 10.2 Å². The number of rotatable bonds is 3. The highest BCUT2D eigenvalue weighted by Crippen LogP contribution is 2.33. The third-order valence-electron chi connectivity index (χ3n) is 4.10. The van der Waals surface area contributed by atoms with Gasteiger partial charge in [0.25, 0.3) is 0 Å². The summed E-state index contributed by atoms with van der Waals surface area (Å²) < 4.78 is 13.0. The largest absolute Gasteiger partial charge is 0.326 e. The molecule has 5 heteroatoms. The zero-order valence-corrected chi connectivity index (χ0v) is 13.3. The molecule has 0 bridgehead atoms. The van der Waals surface area contributed by atoms with Gasteiger partial charge >= 0.3 is 0 Å². The van der Waals surface area contributed by atoms with Crippen LogP contribution in [0.15, 0.2) is 54.6 Å². The van der Waals surface area contributed by atoms with Crippen LogP contribution in [0.25, 0.3) is 0 Å². The van der Waals surface area contributed by atoms with Crippen molar-refractivity contribution in [2.75, 3.05) is 16.8 Å². The van der Waals surface area contributed by atoms with Gasteiger partial charge in [0.05, 0.1) is 0 Å². The Morgan fingerprint density at radius 1 is 1.04 bits per heavy atom. The summed E-state index contributed by atoms with van der Waals surface area (Å²) >= 11 is 0. The quantitative estimate of drug-likeness (QED) is 0.778. The van der Waals surface area contributed by atoms with Crippen molar-refractivity contribution in [2.24, 2.45) is 0 Å². The first-order chi connectivity index (χ1) is 11.7. The van der Waals surface area contributed by atoms with Crippen LogP contribution >= 0.6 is 0 Å². The van der Waals surface area contributed by atoms with Gasteiger partial charge in [-0.15, -0.1) is 0 Å². The second-order valence-corrected chi connectivity index (χ2v) is 5.85. The maximum Gasteiger partial charge on any atom is 0.229 e. The molecule has 1 aromatic heterocycles. The van der Waals surface area contributed by atoms with Gasteiger partial charge in [0.15, 0.2) is 0 Å². The molecule has 2 aromatic carbocycles. The molecule has 0 spiro atoms. The van der Waals surface area contributed by atoms with Crippen molar-refractivity contribution in [1.82, 2.24) is 9.97 Å². The molecule has 0 amide bonds. The van der Waals surface area contributed by atoms with Crippen molar-refractivity contribution in [3.63, 3.8) is 0 Å². The number of nitrogens with zero attached hydrogens (tertiary/aromatic N) is 3. The van der Waals surface area contributed by atoms with Crippen LogP contribution < -0.4 is 10.2 Å². The molecule has 0 atom stereocenters. The molecule has 24 heavy (non-hydrogen) atoms. The molecule has 3 aromatic rings. The van der Waals surface area contributed by atoms with Crippen molar-refractivity contribution in [3.05, 3.63) is 71.7 Å². The van der Waals surface area contributed by atoms with E-state index < -0.39 is 0 Å². The minimum Gasteiger partial charge on any atom is -0.326 e. The predicted molar refractivity (Wildman–Crippen MR) is 93.6 cm³/mol. The van der Waals surface area contributed by atoms with Gasteiger partial charge in [-0.3, -0.25) is 0 Å². The summed E-state index contributed by atoms with van der Waals surface area (Å²) in [5.74, 6) is 1.12. The number of fused-ring (bicyclic) bond motifs is 1. The number of halogens is 1. The van der Waals surface area contributed by atoms with E-state index in [2.05, 4.69) is 38.4 Å². The lowest BCUT2D eigenvalue weighted by Gasteiger charge is -2.19. The molecule has 0 radical (unpaired) electrons. The monoisotopic (exact) mass is 320 g/mol. The SMILES string of the molecule is Cc1cc(N2CCc3ccccc32)nc(Nc2ccc(F)cc2)n1. The van der Waals surface area contributed by atoms with Gasteiger partial charge in [-0.05, 0) is 49.2 Å². The molecule has 0 aliphatic carbocycles. The second kappa shape index (κ2) is 5.92. The molecule has 120 valence electrons. The second-order valence-electron chi connectivity index (χ2n) is 5.85. The van der Waals surface area contributed by atoms with E-state index in [0.717, 1.165) is 30.2 Å². The Morgan fingerprint density at radius 2 is 1.83 bits per heavy atom. The molecule has 2 heterocycles. The fourth-order valence-corrected chi connectivity index (χ4v) is 2.98. The van der Waals surface area contributed by atoms with E-state index in [1.807, 2.05) is 19.1 Å². The summed E-state index contributed by atoms with van der Waals surface area (Å²) in [7, 11) is 0. The zero-order valence-electron chi connectivity index (χ0n) is 13.3. The van der Waals surface area contributed by atoms with E-state index in [1.165, 1.54) is 23.4 Å². The highest BCUT2D eigenvalue weighted by atomic mass is 19.1. The maximum absolute atomic E-state index is 13.0. The first-order valence-electron chi connectivity index (χ1n) is 7.93. The maximum atomic E-state index is 13.0. The number of aromatic nitrogens is 2. The van der Waals surface area contributed by atoms with Crippen LogP contribution in [-0.2, 0) is 6.42 Å². The molecule has 1 aliphatic heterocycles. The van der Waals surface area contributed by atoms with E-state index in [1.54, 1.807) is 12.1 Å². The molecule has 0 unspecified atom stereocenters. The van der Waals surface area contributed by atoms with Crippen molar-refractivity contribution >= 4 is 23.1 Å². The van der Waals surface area contributed by atoms with Gasteiger partial charge in [-0.25, -0.2) is 9.37 Å². The molecule has 4 nitrogen and oxygen atoms in total. The highest BCUT2D eigenvalue weighted by molar-refractivity contribution is 5.68. The molecule has 4 rings (SSSR count). The van der Waals surface area contributed by atoms with E-state index in [-0.39, 0.29) is 5.82 Å². The van der Waals surface area contributed by atoms with Crippen LogP contribution in [0.1, 0.15) is 11.3 Å². The number of hydrogen-bond donors (Lipinski definition) is 1. The molecule has 0 saturated carbocycles. The van der Waals surface area contributed by atoms with Crippen molar-refractivity contribution in [1.29, 1.82) is 0 Å². The summed E-state index contributed by atoms with van der Waals surface area (Å²) in [5, 5.41) is 3.14. The van der Waals surface area contributed by atoms with Crippen LogP contribution in [0.4, 0.5) is 27.5 Å². The first-order valence-corrected chi connectivity index (χ1v) is 7.93. The molecular formula is C19H17FN4. The highest BCUT2D eigenvalue weighted by Gasteiger charge is 2.21. The van der Waals surface area contributed by atoms with Crippen LogP contribution in [0.5, 0.6) is 0 Å². The average Bonchev–Trinajstić information content (AvgIpc) is 3.01. The number of nitrogens with one attached hydrogen (secondary N) is 1. The van der Waals surface area contributed by atoms with E-state index in [0.29, 0.717) is 5.95 Å². The van der Waals surface area contributed by atoms with Crippen molar-refractivity contribution in [2.45, 2.75) is 13.3 Å². The smallest absolute Gasteiger partial charge is 0.229 e. The van der Waals surface area contributed by atoms with Crippen molar-refractivity contribution < 1.29 is 4.39 Å². The van der Waals surface area contributed by atoms with E-state index in [4.69, 9.17) is 0 Å². The lowest BCUT2D eigenvalue weighted by atomic mass is 10.2. The zero-order chi connectivity index (χ0) is 16.5. The number of para-hydroxylation sites is 1. The Bertz CT molecular complexity index is 877. The van der Waals surface area contributed by atoms with Crippen LogP contribution in [0.2, 0.25) is 0 Å². The Labute approximate surface area is 140 Å². The van der Waals surface area contributed by atoms with Gasteiger partial charge in [-0.1, -0.05) is 18.2 Å². The number of aryl methyl sites for hydroxylation is 1. The summed E-state index contributed by atoms with van der Waals surface area (Å²) in [6, 6.07) is 16.5. The summed E-state index contributed by atoms with van der Waals surface area (Å²) in [5.41, 5.74) is 4.17. The van der Waals surface area contributed by atoms with Crippen molar-refractivity contribution in [3.8, 4) is 0 Å². The Balaban J connectivity index is 1.66. The molecular weight excluding hydrogens is 303 g/mol.